The maximum absolute atomic E-state index is 13.1. The number of nitrogens with zero attached hydrogens (tertiary/aromatic N) is 2. The standard InChI is InChI=1S/C21H16N2O4/c24-20-21(22-19(27-20)14-4-2-1-3-5-14)16-9-6-15(12-16)18(21)13-7-10-17(11-8-13)23(25)26/h1-11,15-16,18H,12H2/t15?,16?,18-,21+/m0/s1. The summed E-state index contributed by atoms with van der Waals surface area (Å²) in [6.45, 7) is 0. The van der Waals surface area contributed by atoms with E-state index in [1.54, 1.807) is 12.1 Å². The number of non-ortho nitro benzene ring substituents is 1. The summed E-state index contributed by atoms with van der Waals surface area (Å²) < 4.78 is 5.62. The topological polar surface area (TPSA) is 81.8 Å². The van der Waals surface area contributed by atoms with E-state index in [1.165, 1.54) is 12.1 Å². The fourth-order valence-corrected chi connectivity index (χ4v) is 4.70. The van der Waals surface area contributed by atoms with Gasteiger partial charge in [0.05, 0.1) is 4.92 Å². The zero-order chi connectivity index (χ0) is 18.6. The Morgan fingerprint density at radius 3 is 2.52 bits per heavy atom. The van der Waals surface area contributed by atoms with Crippen molar-refractivity contribution in [1.29, 1.82) is 0 Å². The molecule has 0 amide bonds. The minimum Gasteiger partial charge on any atom is -0.405 e. The highest BCUT2D eigenvalue weighted by Crippen LogP contribution is 2.59. The highest BCUT2D eigenvalue weighted by molar-refractivity contribution is 6.09. The van der Waals surface area contributed by atoms with Crippen LogP contribution in [0.15, 0.2) is 71.7 Å². The van der Waals surface area contributed by atoms with E-state index in [0.29, 0.717) is 5.90 Å². The number of rotatable bonds is 3. The number of allylic oxidation sites excluding steroid dienone is 1. The van der Waals surface area contributed by atoms with Crippen molar-refractivity contribution in [2.24, 2.45) is 16.8 Å². The Hall–Kier alpha value is -3.28. The summed E-state index contributed by atoms with van der Waals surface area (Å²) in [6.07, 6.45) is 5.03. The van der Waals surface area contributed by atoms with Gasteiger partial charge in [-0.1, -0.05) is 42.5 Å². The van der Waals surface area contributed by atoms with Crippen molar-refractivity contribution < 1.29 is 14.5 Å². The van der Waals surface area contributed by atoms with Crippen molar-refractivity contribution in [3.63, 3.8) is 0 Å². The summed E-state index contributed by atoms with van der Waals surface area (Å²) in [4.78, 5) is 28.4. The molecule has 5 rings (SSSR count). The molecule has 6 nitrogen and oxygen atoms in total. The van der Waals surface area contributed by atoms with Gasteiger partial charge >= 0.3 is 5.97 Å². The molecule has 4 atom stereocenters. The van der Waals surface area contributed by atoms with Gasteiger partial charge in [0.15, 0.2) is 5.54 Å². The lowest BCUT2D eigenvalue weighted by atomic mass is 9.73. The van der Waals surface area contributed by atoms with Crippen molar-refractivity contribution in [1.82, 2.24) is 0 Å². The predicted molar refractivity (Wildman–Crippen MR) is 98.4 cm³/mol. The summed E-state index contributed by atoms with van der Waals surface area (Å²) in [5.41, 5.74) is 0.708. The molecule has 2 aromatic carbocycles. The molecule has 6 heteroatoms. The van der Waals surface area contributed by atoms with Gasteiger partial charge in [-0.25, -0.2) is 9.79 Å². The molecule has 2 unspecified atom stereocenters. The average molecular weight is 360 g/mol. The molecule has 27 heavy (non-hydrogen) atoms. The minimum atomic E-state index is -0.985. The van der Waals surface area contributed by atoms with Gasteiger partial charge in [0.25, 0.3) is 5.69 Å². The first kappa shape index (κ1) is 15.9. The average Bonchev–Trinajstić information content (AvgIpc) is 3.37. The van der Waals surface area contributed by atoms with Crippen molar-refractivity contribution in [3.8, 4) is 0 Å². The second kappa shape index (κ2) is 5.61. The van der Waals surface area contributed by atoms with E-state index >= 15 is 0 Å². The molecule has 2 aliphatic carbocycles. The van der Waals surface area contributed by atoms with Crippen molar-refractivity contribution in [2.45, 2.75) is 17.9 Å². The number of benzene rings is 2. The van der Waals surface area contributed by atoms with E-state index in [9.17, 15) is 14.9 Å². The van der Waals surface area contributed by atoms with Crippen LogP contribution in [0, 0.1) is 22.0 Å². The fraction of sp³-hybridized carbons (Fsp3) is 0.238. The predicted octanol–water partition coefficient (Wildman–Crippen LogP) is 3.63. The number of fused-ring (bicyclic) bond motifs is 3. The number of nitro groups is 1. The van der Waals surface area contributed by atoms with Gasteiger partial charge in [0.2, 0.25) is 5.90 Å². The zero-order valence-corrected chi connectivity index (χ0v) is 14.3. The third kappa shape index (κ3) is 2.19. The number of carbonyl (C=O) groups is 1. The molecule has 1 aliphatic heterocycles. The summed E-state index contributed by atoms with van der Waals surface area (Å²) >= 11 is 0. The Labute approximate surface area is 155 Å². The maximum Gasteiger partial charge on any atom is 0.342 e. The summed E-state index contributed by atoms with van der Waals surface area (Å²) in [5.74, 6) is -0.00341. The van der Waals surface area contributed by atoms with Crippen LogP contribution in [0.1, 0.15) is 23.5 Å². The van der Waals surface area contributed by atoms with Crippen molar-refractivity contribution in [3.05, 3.63) is 88.0 Å². The number of cyclic esters (lactones) is 1. The SMILES string of the molecule is O=C1OC(c2ccccc2)=N[C@@]12C1C=CC(C1)[C@@H]2c1ccc([N+](=O)[O-])cc1. The molecular weight excluding hydrogens is 344 g/mol. The lowest BCUT2D eigenvalue weighted by Crippen LogP contribution is -2.44. The third-order valence-corrected chi connectivity index (χ3v) is 5.87. The van der Waals surface area contributed by atoms with Crippen LogP contribution < -0.4 is 0 Å². The Morgan fingerprint density at radius 2 is 1.81 bits per heavy atom. The van der Waals surface area contributed by atoms with Crippen LogP contribution in [-0.2, 0) is 9.53 Å². The maximum atomic E-state index is 13.1. The number of hydrogen-bond donors (Lipinski definition) is 0. The van der Waals surface area contributed by atoms with Crippen LogP contribution in [0.5, 0.6) is 0 Å². The summed E-state index contributed by atoms with van der Waals surface area (Å²) in [5, 5.41) is 11.0. The Bertz CT molecular complexity index is 997. The Balaban J connectivity index is 1.61. The normalized spacial score (nSPS) is 30.6. The van der Waals surface area contributed by atoms with Gasteiger partial charge in [-0.15, -0.1) is 0 Å². The molecule has 2 bridgehead atoms. The van der Waals surface area contributed by atoms with Crippen molar-refractivity contribution in [2.75, 3.05) is 0 Å². The number of ether oxygens (including phenoxy) is 1. The second-order valence-corrected chi connectivity index (χ2v) is 7.22. The Morgan fingerprint density at radius 1 is 1.07 bits per heavy atom. The van der Waals surface area contributed by atoms with E-state index in [-0.39, 0.29) is 29.4 Å². The van der Waals surface area contributed by atoms with Crippen molar-refractivity contribution >= 4 is 17.6 Å². The molecular formula is C21H16N2O4. The molecule has 3 aliphatic rings. The number of aliphatic imine (C=N–C) groups is 1. The van der Waals surface area contributed by atoms with E-state index in [2.05, 4.69) is 12.2 Å². The van der Waals surface area contributed by atoms with E-state index in [0.717, 1.165) is 17.5 Å². The summed E-state index contributed by atoms with van der Waals surface area (Å²) in [6, 6.07) is 15.9. The molecule has 0 aromatic heterocycles. The van der Waals surface area contributed by atoms with Gasteiger partial charge in [-0.2, -0.15) is 0 Å². The molecule has 1 heterocycles. The lowest BCUT2D eigenvalue weighted by molar-refractivity contribution is -0.384. The quantitative estimate of drug-likeness (QED) is 0.362. The monoisotopic (exact) mass is 360 g/mol. The first-order valence-electron chi connectivity index (χ1n) is 8.90. The highest BCUT2D eigenvalue weighted by Gasteiger charge is 2.65. The number of carbonyl (C=O) groups excluding carboxylic acids is 1. The van der Waals surface area contributed by atoms with Gasteiger partial charge in [-0.05, 0) is 30.0 Å². The Kier molecular flexibility index (Phi) is 3.31. The third-order valence-electron chi connectivity index (χ3n) is 5.87. The van der Waals surface area contributed by atoms with Gasteiger partial charge in [-0.3, -0.25) is 10.1 Å². The molecule has 2 aromatic rings. The molecule has 134 valence electrons. The van der Waals surface area contributed by atoms with Crippen LogP contribution in [0.4, 0.5) is 5.69 Å². The molecule has 1 spiro atoms. The largest absolute Gasteiger partial charge is 0.405 e. The van der Waals surface area contributed by atoms with Gasteiger partial charge < -0.3 is 4.74 Å². The first-order chi connectivity index (χ1) is 13.1. The van der Waals surface area contributed by atoms with Crippen LogP contribution >= 0.6 is 0 Å². The minimum absolute atomic E-state index is 0.0172. The van der Waals surface area contributed by atoms with E-state index < -0.39 is 10.5 Å². The lowest BCUT2D eigenvalue weighted by Gasteiger charge is -2.32. The summed E-state index contributed by atoms with van der Waals surface area (Å²) in [7, 11) is 0. The molecule has 0 N–H and O–H groups in total. The number of esters is 1. The highest BCUT2D eigenvalue weighted by atomic mass is 16.6. The fourth-order valence-electron chi connectivity index (χ4n) is 4.70. The smallest absolute Gasteiger partial charge is 0.342 e. The molecule has 0 saturated heterocycles. The first-order valence-corrected chi connectivity index (χ1v) is 8.90. The number of nitro benzene ring substituents is 1. The zero-order valence-electron chi connectivity index (χ0n) is 14.3. The molecule has 1 saturated carbocycles. The van der Waals surface area contributed by atoms with Crippen LogP contribution in [0.3, 0.4) is 0 Å². The van der Waals surface area contributed by atoms with Crippen LogP contribution in [-0.4, -0.2) is 22.3 Å². The van der Waals surface area contributed by atoms with Gasteiger partial charge in [0.1, 0.15) is 0 Å². The van der Waals surface area contributed by atoms with Crippen LogP contribution in [0.2, 0.25) is 0 Å². The second-order valence-electron chi connectivity index (χ2n) is 7.22. The van der Waals surface area contributed by atoms with E-state index in [1.807, 2.05) is 30.3 Å². The molecule has 1 fully saturated rings. The van der Waals surface area contributed by atoms with Gasteiger partial charge in [0, 0.05) is 29.5 Å². The van der Waals surface area contributed by atoms with E-state index in [4.69, 9.17) is 9.73 Å². The number of hydrogen-bond acceptors (Lipinski definition) is 5. The van der Waals surface area contributed by atoms with Crippen LogP contribution in [0.25, 0.3) is 0 Å². The molecule has 0 radical (unpaired) electrons.